The number of carbonyl (C=O) groups is 1. The number of carboxylic acid groups (broad SMARTS) is 1. The minimum absolute atomic E-state index is 0.00692. The van der Waals surface area contributed by atoms with E-state index in [-0.39, 0.29) is 5.76 Å². The van der Waals surface area contributed by atoms with E-state index in [0.29, 0.717) is 0 Å². The van der Waals surface area contributed by atoms with Crippen molar-refractivity contribution < 1.29 is 15.0 Å². The maximum atomic E-state index is 11.6. The Balaban J connectivity index is 3.80. The van der Waals surface area contributed by atoms with Crippen LogP contribution in [0, 0.1) is 0 Å². The lowest BCUT2D eigenvalue weighted by Gasteiger charge is -2.03. The number of unbranched alkanes of at least 4 members (excludes halogenated alkanes) is 7. The SMILES string of the molecule is CCCCCCCCCC=CC([O-])=CC=CC=CC=CC=CC(=O)O. The number of hydrogen-bond acceptors (Lipinski definition) is 2. The van der Waals surface area contributed by atoms with E-state index in [1.165, 1.54) is 50.7 Å². The smallest absolute Gasteiger partial charge is 0.328 e. The molecule has 3 nitrogen and oxygen atoms in total. The number of rotatable bonds is 14. The monoisotopic (exact) mass is 343 g/mol. The molecular weight excluding hydrogens is 312 g/mol. The van der Waals surface area contributed by atoms with E-state index in [4.69, 9.17) is 5.11 Å². The fourth-order valence-electron chi connectivity index (χ4n) is 2.08. The number of allylic oxidation sites excluding steroid dienone is 10. The van der Waals surface area contributed by atoms with Gasteiger partial charge >= 0.3 is 5.97 Å². The first kappa shape index (κ1) is 22.7. The van der Waals surface area contributed by atoms with Crippen molar-refractivity contribution >= 4 is 5.97 Å². The second-order valence-electron chi connectivity index (χ2n) is 5.73. The molecule has 0 saturated carbocycles. The highest BCUT2D eigenvalue weighted by Gasteiger charge is 1.89. The molecule has 0 atom stereocenters. The lowest BCUT2D eigenvalue weighted by atomic mass is 10.1. The van der Waals surface area contributed by atoms with E-state index < -0.39 is 5.97 Å². The first-order chi connectivity index (χ1) is 12.2. The minimum Gasteiger partial charge on any atom is -0.872 e. The summed E-state index contributed by atoms with van der Waals surface area (Å²) in [6.45, 7) is 2.23. The van der Waals surface area contributed by atoms with E-state index in [2.05, 4.69) is 6.92 Å². The third-order valence-electron chi connectivity index (χ3n) is 3.42. The highest BCUT2D eigenvalue weighted by molar-refractivity contribution is 5.80. The van der Waals surface area contributed by atoms with Crippen LogP contribution in [0.5, 0.6) is 0 Å². The van der Waals surface area contributed by atoms with E-state index in [1.54, 1.807) is 42.5 Å². The Kier molecular flexibility index (Phi) is 16.4. The summed E-state index contributed by atoms with van der Waals surface area (Å²) in [7, 11) is 0. The summed E-state index contributed by atoms with van der Waals surface area (Å²) in [5.74, 6) is -0.978. The van der Waals surface area contributed by atoms with Gasteiger partial charge < -0.3 is 10.2 Å². The molecule has 0 heterocycles. The lowest BCUT2D eigenvalue weighted by molar-refractivity contribution is -0.294. The van der Waals surface area contributed by atoms with Gasteiger partial charge in [-0.25, -0.2) is 4.79 Å². The van der Waals surface area contributed by atoms with Crippen LogP contribution in [-0.4, -0.2) is 11.1 Å². The fourth-order valence-corrected chi connectivity index (χ4v) is 2.08. The Morgan fingerprint density at radius 3 is 2.00 bits per heavy atom. The summed E-state index contributed by atoms with van der Waals surface area (Å²) in [4.78, 5) is 10.2. The van der Waals surface area contributed by atoms with Crippen molar-refractivity contribution in [1.82, 2.24) is 0 Å². The van der Waals surface area contributed by atoms with Crippen LogP contribution in [0.25, 0.3) is 0 Å². The predicted molar refractivity (Wildman–Crippen MR) is 104 cm³/mol. The standard InChI is InChI=1S/C22H32O3/c1-2-3-4-5-6-7-9-12-15-18-21(23)19-16-13-10-8-11-14-17-20-22(24)25/h8,10-11,13-20,23H,2-7,9,12H2,1H3,(H,24,25)/p-1. The molecule has 25 heavy (non-hydrogen) atoms. The number of hydrogen-bond donors (Lipinski definition) is 1. The van der Waals surface area contributed by atoms with Crippen LogP contribution < -0.4 is 5.11 Å². The molecule has 0 radical (unpaired) electrons. The largest absolute Gasteiger partial charge is 0.872 e. The van der Waals surface area contributed by atoms with E-state index >= 15 is 0 Å². The Morgan fingerprint density at radius 2 is 1.36 bits per heavy atom. The summed E-state index contributed by atoms with van der Waals surface area (Å²) in [6.07, 6.45) is 27.9. The van der Waals surface area contributed by atoms with Gasteiger partial charge in [0.15, 0.2) is 0 Å². The minimum atomic E-state index is -0.971. The van der Waals surface area contributed by atoms with Gasteiger partial charge in [-0.1, -0.05) is 106 Å². The Morgan fingerprint density at radius 1 is 0.800 bits per heavy atom. The van der Waals surface area contributed by atoms with Gasteiger partial charge in [-0.15, -0.1) is 5.76 Å². The van der Waals surface area contributed by atoms with Crippen molar-refractivity contribution in [2.75, 3.05) is 0 Å². The van der Waals surface area contributed by atoms with Crippen LogP contribution in [0.15, 0.2) is 72.6 Å². The van der Waals surface area contributed by atoms with Gasteiger partial charge in [0.1, 0.15) is 0 Å². The van der Waals surface area contributed by atoms with Gasteiger partial charge in [-0.2, -0.15) is 0 Å². The Bertz CT molecular complexity index is 505. The maximum absolute atomic E-state index is 11.6. The zero-order valence-corrected chi connectivity index (χ0v) is 15.3. The van der Waals surface area contributed by atoms with Crippen LogP contribution in [0.3, 0.4) is 0 Å². The first-order valence-corrected chi connectivity index (χ1v) is 9.11. The summed E-state index contributed by atoms with van der Waals surface area (Å²) >= 11 is 0. The third kappa shape index (κ3) is 19.7. The molecule has 0 aliphatic rings. The summed E-state index contributed by atoms with van der Waals surface area (Å²) in [5, 5.41) is 20.0. The zero-order chi connectivity index (χ0) is 18.6. The molecule has 1 N–H and O–H groups in total. The fraction of sp³-hybridized carbons (Fsp3) is 0.409. The maximum Gasteiger partial charge on any atom is 0.328 e. The molecule has 0 aliphatic carbocycles. The molecule has 0 saturated heterocycles. The summed E-state index contributed by atoms with van der Waals surface area (Å²) in [6, 6.07) is 0. The van der Waals surface area contributed by atoms with Gasteiger partial charge in [0, 0.05) is 6.08 Å². The second kappa shape index (κ2) is 18.1. The van der Waals surface area contributed by atoms with Crippen LogP contribution in [-0.2, 0) is 4.79 Å². The topological polar surface area (TPSA) is 60.4 Å². The first-order valence-electron chi connectivity index (χ1n) is 9.11. The average molecular weight is 343 g/mol. The predicted octanol–water partition coefficient (Wildman–Crippen LogP) is 5.24. The third-order valence-corrected chi connectivity index (χ3v) is 3.42. The van der Waals surface area contributed by atoms with Crippen LogP contribution in [0.1, 0.15) is 58.3 Å². The summed E-state index contributed by atoms with van der Waals surface area (Å²) < 4.78 is 0. The molecule has 0 aromatic heterocycles. The molecule has 0 aromatic rings. The molecule has 0 fully saturated rings. The summed E-state index contributed by atoms with van der Waals surface area (Å²) in [5.41, 5.74) is 0. The van der Waals surface area contributed by atoms with Crippen molar-refractivity contribution in [3.63, 3.8) is 0 Å². The van der Waals surface area contributed by atoms with Gasteiger partial charge in [0.2, 0.25) is 0 Å². The average Bonchev–Trinajstić information content (AvgIpc) is 2.58. The molecule has 0 unspecified atom stereocenters. The molecule has 138 valence electrons. The van der Waals surface area contributed by atoms with Crippen molar-refractivity contribution in [3.05, 3.63) is 72.6 Å². The lowest BCUT2D eigenvalue weighted by Crippen LogP contribution is -1.98. The van der Waals surface area contributed by atoms with Crippen LogP contribution in [0.2, 0.25) is 0 Å². The van der Waals surface area contributed by atoms with Gasteiger partial charge in [-0.05, 0) is 12.8 Å². The normalized spacial score (nSPS) is 13.4. The zero-order valence-electron chi connectivity index (χ0n) is 15.3. The molecule has 0 spiro atoms. The molecule has 0 rings (SSSR count). The van der Waals surface area contributed by atoms with E-state index in [1.807, 2.05) is 6.08 Å². The molecule has 3 heteroatoms. The molecular formula is C22H31O3-. The Hall–Kier alpha value is -2.29. The highest BCUT2D eigenvalue weighted by atomic mass is 16.4. The molecule has 0 bridgehead atoms. The van der Waals surface area contributed by atoms with Crippen LogP contribution >= 0.6 is 0 Å². The van der Waals surface area contributed by atoms with Gasteiger partial charge in [0.05, 0.1) is 0 Å². The van der Waals surface area contributed by atoms with Crippen molar-refractivity contribution in [3.8, 4) is 0 Å². The van der Waals surface area contributed by atoms with Crippen molar-refractivity contribution in [1.29, 1.82) is 0 Å². The van der Waals surface area contributed by atoms with Gasteiger partial charge in [0.25, 0.3) is 0 Å². The molecule has 0 aliphatic heterocycles. The van der Waals surface area contributed by atoms with E-state index in [9.17, 15) is 9.90 Å². The van der Waals surface area contributed by atoms with Gasteiger partial charge in [-0.3, -0.25) is 0 Å². The van der Waals surface area contributed by atoms with Crippen molar-refractivity contribution in [2.45, 2.75) is 58.3 Å². The Labute approximate surface area is 152 Å². The number of aliphatic carboxylic acids is 1. The highest BCUT2D eigenvalue weighted by Crippen LogP contribution is 2.08. The van der Waals surface area contributed by atoms with Crippen LogP contribution in [0.4, 0.5) is 0 Å². The second-order valence-corrected chi connectivity index (χ2v) is 5.73. The molecule has 0 amide bonds. The number of carboxylic acids is 1. The molecule has 0 aromatic carbocycles. The van der Waals surface area contributed by atoms with E-state index in [0.717, 1.165) is 18.9 Å². The quantitative estimate of drug-likeness (QED) is 0.203. The van der Waals surface area contributed by atoms with Crippen molar-refractivity contribution in [2.24, 2.45) is 0 Å².